The lowest BCUT2D eigenvalue weighted by atomic mass is 10.9. The largest absolute Gasteiger partial charge is 0.385 e. The van der Waals surface area contributed by atoms with Gasteiger partial charge in [-0.2, -0.15) is 0 Å². The molecule has 44 valence electrons. The second-order valence-corrected chi connectivity index (χ2v) is 5.54. The lowest BCUT2D eigenvalue weighted by Gasteiger charge is -1.98. The molecule has 0 bridgehead atoms. The maximum absolute atomic E-state index is 4.89. The molecule has 0 aliphatic carbocycles. The molecule has 0 aliphatic heterocycles. The van der Waals surface area contributed by atoms with Crippen molar-refractivity contribution in [3.8, 4) is 0 Å². The molecule has 1 nitrogen and oxygen atoms in total. The smallest absolute Gasteiger partial charge is 0.0436 e. The van der Waals surface area contributed by atoms with E-state index >= 15 is 0 Å². The van der Waals surface area contributed by atoms with Gasteiger partial charge in [0.1, 0.15) is 0 Å². The zero-order valence-corrected chi connectivity index (χ0v) is 6.55. The van der Waals surface area contributed by atoms with E-state index in [1.54, 1.807) is 7.11 Å². The third-order valence-corrected chi connectivity index (χ3v) is 2.29. The summed E-state index contributed by atoms with van der Waals surface area (Å²) in [4.78, 5) is 0. The average Bonchev–Trinajstić information content (AvgIpc) is 1.61. The van der Waals surface area contributed by atoms with Gasteiger partial charge in [0.2, 0.25) is 0 Å². The Bertz CT molecular complexity index is 37.1. The minimum atomic E-state index is -0.313. The summed E-state index contributed by atoms with van der Waals surface area (Å²) in [7, 11) is 1.45. The highest BCUT2D eigenvalue weighted by molar-refractivity contribution is 6.55. The van der Waals surface area contributed by atoms with Crippen molar-refractivity contribution in [1.29, 1.82) is 0 Å². The molecule has 0 rings (SSSR count). The molecule has 0 spiro atoms. The molecule has 0 atom stereocenters. The van der Waals surface area contributed by atoms with Crippen LogP contribution < -0.4 is 0 Å². The average molecular weight is 118 g/mol. The SMILES string of the molecule is COCC[SiH](C)C. The number of methoxy groups -OCH3 is 1. The first-order valence-electron chi connectivity index (χ1n) is 2.76. The molecule has 0 fully saturated rings. The highest BCUT2D eigenvalue weighted by Crippen LogP contribution is 1.88. The minimum absolute atomic E-state index is 0.313. The molecule has 0 N–H and O–H groups in total. The molecule has 0 aromatic rings. The van der Waals surface area contributed by atoms with Gasteiger partial charge < -0.3 is 4.74 Å². The summed E-state index contributed by atoms with van der Waals surface area (Å²) >= 11 is 0. The predicted molar refractivity (Wildman–Crippen MR) is 35.6 cm³/mol. The first-order chi connectivity index (χ1) is 3.27. The Balaban J connectivity index is 2.68. The highest BCUT2D eigenvalue weighted by Gasteiger charge is 1.91. The van der Waals surface area contributed by atoms with Gasteiger partial charge in [-0.3, -0.25) is 0 Å². The Morgan fingerprint density at radius 2 is 2.00 bits per heavy atom. The van der Waals surface area contributed by atoms with Crippen LogP contribution in [0.25, 0.3) is 0 Å². The monoisotopic (exact) mass is 118 g/mol. The van der Waals surface area contributed by atoms with Crippen LogP contribution in [0.15, 0.2) is 0 Å². The second-order valence-electron chi connectivity index (χ2n) is 2.18. The van der Waals surface area contributed by atoms with E-state index in [0.29, 0.717) is 0 Å². The number of hydrogen-bond donors (Lipinski definition) is 0. The van der Waals surface area contributed by atoms with Crippen molar-refractivity contribution < 1.29 is 4.74 Å². The summed E-state index contributed by atoms with van der Waals surface area (Å²) in [5.41, 5.74) is 0. The maximum atomic E-state index is 4.89. The van der Waals surface area contributed by atoms with Crippen LogP contribution in [0.4, 0.5) is 0 Å². The fourth-order valence-electron chi connectivity index (χ4n) is 0.354. The van der Waals surface area contributed by atoms with Gasteiger partial charge in [0.05, 0.1) is 0 Å². The van der Waals surface area contributed by atoms with E-state index in [1.807, 2.05) is 0 Å². The molecule has 7 heavy (non-hydrogen) atoms. The lowest BCUT2D eigenvalue weighted by molar-refractivity contribution is 0.215. The van der Waals surface area contributed by atoms with Gasteiger partial charge in [-0.1, -0.05) is 13.1 Å². The van der Waals surface area contributed by atoms with Crippen LogP contribution in [-0.2, 0) is 4.74 Å². The third-order valence-electron chi connectivity index (χ3n) is 0.899. The fourth-order valence-corrected chi connectivity index (χ4v) is 1.06. The predicted octanol–water partition coefficient (Wildman–Crippen LogP) is 1.12. The van der Waals surface area contributed by atoms with Crippen LogP contribution in [0, 0.1) is 0 Å². The molecule has 0 unspecified atom stereocenters. The Hall–Kier alpha value is 0.177. The molecule has 0 saturated carbocycles. The molecular weight excluding hydrogens is 104 g/mol. The molecule has 2 heteroatoms. The summed E-state index contributed by atoms with van der Waals surface area (Å²) < 4.78 is 4.89. The highest BCUT2D eigenvalue weighted by atomic mass is 28.3. The van der Waals surface area contributed by atoms with Gasteiger partial charge in [-0.15, -0.1) is 0 Å². The van der Waals surface area contributed by atoms with Crippen LogP contribution in [0.1, 0.15) is 0 Å². The van der Waals surface area contributed by atoms with Crippen LogP contribution >= 0.6 is 0 Å². The van der Waals surface area contributed by atoms with Crippen molar-refractivity contribution in [3.05, 3.63) is 0 Å². The molecule has 0 aromatic carbocycles. The first-order valence-corrected chi connectivity index (χ1v) is 5.89. The van der Waals surface area contributed by atoms with Crippen molar-refractivity contribution in [2.45, 2.75) is 19.1 Å². The van der Waals surface area contributed by atoms with Crippen LogP contribution in [0.2, 0.25) is 19.1 Å². The lowest BCUT2D eigenvalue weighted by Crippen LogP contribution is -2.02. The quantitative estimate of drug-likeness (QED) is 0.505. The van der Waals surface area contributed by atoms with E-state index in [-0.39, 0.29) is 8.80 Å². The van der Waals surface area contributed by atoms with E-state index in [1.165, 1.54) is 6.04 Å². The molecule has 0 amide bonds. The van der Waals surface area contributed by atoms with Gasteiger partial charge in [0.15, 0.2) is 0 Å². The van der Waals surface area contributed by atoms with E-state index in [4.69, 9.17) is 4.74 Å². The van der Waals surface area contributed by atoms with Crippen molar-refractivity contribution >= 4 is 8.80 Å². The molecule has 0 aliphatic rings. The van der Waals surface area contributed by atoms with E-state index in [9.17, 15) is 0 Å². The molecule has 0 heterocycles. The Kier molecular flexibility index (Phi) is 4.45. The molecular formula is C5H14OSi. The Morgan fingerprint density at radius 1 is 1.43 bits per heavy atom. The first kappa shape index (κ1) is 7.18. The van der Waals surface area contributed by atoms with Crippen LogP contribution in [0.3, 0.4) is 0 Å². The molecule has 0 radical (unpaired) electrons. The Labute approximate surface area is 47.3 Å². The van der Waals surface area contributed by atoms with Crippen molar-refractivity contribution in [2.75, 3.05) is 13.7 Å². The summed E-state index contributed by atoms with van der Waals surface area (Å²) in [6, 6.07) is 1.32. The van der Waals surface area contributed by atoms with Gasteiger partial charge in [0, 0.05) is 22.5 Å². The Morgan fingerprint density at radius 3 is 2.14 bits per heavy atom. The van der Waals surface area contributed by atoms with Gasteiger partial charge in [-0.25, -0.2) is 0 Å². The summed E-state index contributed by atoms with van der Waals surface area (Å²) in [5, 5.41) is 0. The third kappa shape index (κ3) is 6.18. The van der Waals surface area contributed by atoms with Crippen molar-refractivity contribution in [1.82, 2.24) is 0 Å². The van der Waals surface area contributed by atoms with E-state index in [2.05, 4.69) is 13.1 Å². The summed E-state index contributed by atoms with van der Waals surface area (Å²) in [6.07, 6.45) is 0. The zero-order chi connectivity index (χ0) is 5.70. The number of hydrogen-bond acceptors (Lipinski definition) is 1. The molecule has 0 aromatic heterocycles. The standard InChI is InChI=1S/C5H14OSi/c1-6-4-5-7(2)3/h7H,4-5H2,1-3H3. The minimum Gasteiger partial charge on any atom is -0.385 e. The summed E-state index contributed by atoms with van der Waals surface area (Å²) in [5.74, 6) is 0. The van der Waals surface area contributed by atoms with Gasteiger partial charge in [-0.05, 0) is 6.04 Å². The van der Waals surface area contributed by atoms with Gasteiger partial charge in [0.25, 0.3) is 0 Å². The normalized spacial score (nSPS) is 10.3. The zero-order valence-electron chi connectivity index (χ0n) is 5.40. The second kappa shape index (κ2) is 4.34. The van der Waals surface area contributed by atoms with E-state index < -0.39 is 0 Å². The van der Waals surface area contributed by atoms with Gasteiger partial charge >= 0.3 is 0 Å². The van der Waals surface area contributed by atoms with Crippen molar-refractivity contribution in [3.63, 3.8) is 0 Å². The topological polar surface area (TPSA) is 9.23 Å². The van der Waals surface area contributed by atoms with Crippen molar-refractivity contribution in [2.24, 2.45) is 0 Å². The maximum Gasteiger partial charge on any atom is 0.0436 e. The number of rotatable bonds is 3. The van der Waals surface area contributed by atoms with Crippen LogP contribution in [0.5, 0.6) is 0 Å². The van der Waals surface area contributed by atoms with Crippen LogP contribution in [-0.4, -0.2) is 22.5 Å². The molecule has 0 saturated heterocycles. The van der Waals surface area contributed by atoms with E-state index in [0.717, 1.165) is 6.61 Å². The number of ether oxygens (including phenoxy) is 1. The summed E-state index contributed by atoms with van der Waals surface area (Å²) in [6.45, 7) is 5.63. The fraction of sp³-hybridized carbons (Fsp3) is 1.00.